The second-order valence-electron chi connectivity index (χ2n) is 4.31. The molecule has 0 heterocycles. The van der Waals surface area contributed by atoms with E-state index in [4.69, 9.17) is 4.74 Å². The van der Waals surface area contributed by atoms with Gasteiger partial charge in [0.1, 0.15) is 5.75 Å². The largest absolute Gasteiger partial charge is 0.496 e. The fourth-order valence-electron chi connectivity index (χ4n) is 2.21. The average Bonchev–Trinajstić information content (AvgIpc) is 2.29. The maximum absolute atomic E-state index is 11.1. The second kappa shape index (κ2) is 4.58. The Morgan fingerprint density at radius 2 is 2.22 bits per heavy atom. The summed E-state index contributed by atoms with van der Waals surface area (Å²) < 4.78 is 5.67. The van der Waals surface area contributed by atoms with Gasteiger partial charge < -0.3 is 4.74 Å². The van der Waals surface area contributed by atoms with E-state index in [2.05, 4.69) is 22.0 Å². The number of hydrogen-bond acceptors (Lipinski definition) is 4. The van der Waals surface area contributed by atoms with E-state index >= 15 is 0 Å². The third-order valence-corrected chi connectivity index (χ3v) is 4.02. The minimum absolute atomic E-state index is 0.0241. The quantitative estimate of drug-likeness (QED) is 0.634. The fourth-order valence-corrected chi connectivity index (χ4v) is 2.70. The summed E-state index contributed by atoms with van der Waals surface area (Å²) in [7, 11) is 1.50. The van der Waals surface area contributed by atoms with Gasteiger partial charge >= 0.3 is 0 Å². The van der Waals surface area contributed by atoms with E-state index in [9.17, 15) is 15.4 Å². The van der Waals surface area contributed by atoms with Crippen LogP contribution < -0.4 is 4.74 Å². The topological polar surface area (TPSA) is 76.2 Å². The molecule has 0 bridgehead atoms. The van der Waals surface area contributed by atoms with Crippen LogP contribution in [0.1, 0.15) is 24.8 Å². The van der Waals surface area contributed by atoms with Crippen molar-refractivity contribution in [2.75, 3.05) is 7.11 Å². The fraction of sp³-hybridized carbons (Fsp3) is 0.417. The highest BCUT2D eigenvalue weighted by Gasteiger charge is 2.44. The van der Waals surface area contributed by atoms with Crippen LogP contribution in [0.2, 0.25) is 0 Å². The van der Waals surface area contributed by atoms with E-state index in [1.807, 2.05) is 0 Å². The van der Waals surface area contributed by atoms with Crippen molar-refractivity contribution in [3.05, 3.63) is 32.3 Å². The van der Waals surface area contributed by atoms with Crippen LogP contribution in [-0.2, 0) is 5.41 Å². The molecule has 1 aromatic rings. The first kappa shape index (κ1) is 12.8. The van der Waals surface area contributed by atoms with Crippen LogP contribution in [0.15, 0.2) is 16.6 Å². The van der Waals surface area contributed by atoms with Gasteiger partial charge in [-0.25, -0.2) is 0 Å². The molecule has 1 aromatic carbocycles. The standard InChI is InChI=1S/C12H11BrN2O3/c1-18-11-5-8(12(7-14)3-2-4-12)10(15(16)17)6-9(11)13/h5-6H,2-4H2,1H3. The third kappa shape index (κ3) is 1.85. The molecule has 0 aromatic heterocycles. The van der Waals surface area contributed by atoms with Gasteiger partial charge in [0, 0.05) is 6.07 Å². The highest BCUT2D eigenvalue weighted by atomic mass is 79.9. The van der Waals surface area contributed by atoms with Gasteiger partial charge in [0.25, 0.3) is 5.69 Å². The number of methoxy groups -OCH3 is 1. The zero-order chi connectivity index (χ0) is 13.3. The Balaban J connectivity index is 2.64. The molecule has 18 heavy (non-hydrogen) atoms. The van der Waals surface area contributed by atoms with Gasteiger partial charge in [-0.1, -0.05) is 0 Å². The Labute approximate surface area is 113 Å². The number of nitrogens with zero attached hydrogens (tertiary/aromatic N) is 2. The summed E-state index contributed by atoms with van der Waals surface area (Å²) in [5.74, 6) is 0.511. The Hall–Kier alpha value is -1.61. The van der Waals surface area contributed by atoms with Crippen LogP contribution >= 0.6 is 15.9 Å². The van der Waals surface area contributed by atoms with Crippen LogP contribution in [-0.4, -0.2) is 12.0 Å². The van der Waals surface area contributed by atoms with Crippen molar-refractivity contribution >= 4 is 21.6 Å². The molecule has 5 nitrogen and oxygen atoms in total. The Morgan fingerprint density at radius 1 is 1.56 bits per heavy atom. The molecular formula is C12H11BrN2O3. The SMILES string of the molecule is COc1cc(C2(C#N)CCC2)c([N+](=O)[O-])cc1Br. The number of nitro benzene ring substituents is 1. The Kier molecular flexibility index (Phi) is 3.26. The van der Waals surface area contributed by atoms with E-state index in [-0.39, 0.29) is 5.69 Å². The zero-order valence-corrected chi connectivity index (χ0v) is 11.4. The molecule has 94 valence electrons. The number of nitriles is 1. The summed E-state index contributed by atoms with van der Waals surface area (Å²) in [6.07, 6.45) is 2.24. The van der Waals surface area contributed by atoms with Crippen LogP contribution in [0.5, 0.6) is 5.75 Å². The van der Waals surface area contributed by atoms with Gasteiger partial charge in [-0.2, -0.15) is 5.26 Å². The van der Waals surface area contributed by atoms with Crippen molar-refractivity contribution in [2.45, 2.75) is 24.7 Å². The monoisotopic (exact) mass is 310 g/mol. The van der Waals surface area contributed by atoms with Gasteiger partial charge in [-0.3, -0.25) is 10.1 Å². The summed E-state index contributed by atoms with van der Waals surface area (Å²) in [4.78, 5) is 10.7. The Bertz CT molecular complexity index is 547. The molecule has 0 saturated heterocycles. The first-order valence-electron chi connectivity index (χ1n) is 5.48. The number of ether oxygens (including phenoxy) is 1. The first-order chi connectivity index (χ1) is 8.54. The molecule has 0 radical (unpaired) electrons. The van der Waals surface area contributed by atoms with E-state index < -0.39 is 10.3 Å². The van der Waals surface area contributed by atoms with Gasteiger partial charge in [-0.15, -0.1) is 0 Å². The summed E-state index contributed by atoms with van der Waals surface area (Å²) in [6, 6.07) is 5.23. The highest BCUT2D eigenvalue weighted by molar-refractivity contribution is 9.10. The normalized spacial score (nSPS) is 16.5. The summed E-state index contributed by atoms with van der Waals surface area (Å²) in [5.41, 5.74) is -0.290. The van der Waals surface area contributed by atoms with Crippen molar-refractivity contribution in [1.82, 2.24) is 0 Å². The van der Waals surface area contributed by atoms with Gasteiger partial charge in [0.05, 0.1) is 33.6 Å². The lowest BCUT2D eigenvalue weighted by atomic mass is 9.65. The lowest BCUT2D eigenvalue weighted by Gasteiger charge is -2.35. The molecule has 0 unspecified atom stereocenters. The molecule has 0 atom stereocenters. The minimum atomic E-state index is -0.726. The molecule has 2 rings (SSSR count). The molecule has 0 aliphatic heterocycles. The Morgan fingerprint density at radius 3 is 2.61 bits per heavy atom. The molecule has 1 fully saturated rings. The van der Waals surface area contributed by atoms with E-state index in [1.165, 1.54) is 13.2 Å². The molecule has 1 aliphatic rings. The first-order valence-corrected chi connectivity index (χ1v) is 6.27. The maximum atomic E-state index is 11.1. The average molecular weight is 311 g/mol. The smallest absolute Gasteiger partial charge is 0.275 e. The molecule has 1 aliphatic carbocycles. The number of nitro groups is 1. The van der Waals surface area contributed by atoms with Gasteiger partial charge in [0.2, 0.25) is 0 Å². The number of halogens is 1. The lowest BCUT2D eigenvalue weighted by molar-refractivity contribution is -0.386. The minimum Gasteiger partial charge on any atom is -0.496 e. The van der Waals surface area contributed by atoms with Crippen molar-refractivity contribution in [1.29, 1.82) is 5.26 Å². The van der Waals surface area contributed by atoms with Gasteiger partial charge in [-0.05, 0) is 41.3 Å². The molecule has 0 N–H and O–H groups in total. The molecule has 0 spiro atoms. The molecular weight excluding hydrogens is 300 g/mol. The number of rotatable bonds is 3. The van der Waals surface area contributed by atoms with Crippen LogP contribution in [0.25, 0.3) is 0 Å². The second-order valence-corrected chi connectivity index (χ2v) is 5.16. The summed E-state index contributed by atoms with van der Waals surface area (Å²) >= 11 is 3.23. The van der Waals surface area contributed by atoms with E-state index in [1.54, 1.807) is 6.07 Å². The van der Waals surface area contributed by atoms with E-state index in [0.29, 0.717) is 28.6 Å². The molecule has 0 amide bonds. The number of hydrogen-bond donors (Lipinski definition) is 0. The van der Waals surface area contributed by atoms with Crippen molar-refractivity contribution in [3.8, 4) is 11.8 Å². The molecule has 1 saturated carbocycles. The number of benzene rings is 1. The van der Waals surface area contributed by atoms with Crippen molar-refractivity contribution in [2.24, 2.45) is 0 Å². The maximum Gasteiger partial charge on any atom is 0.275 e. The van der Waals surface area contributed by atoms with Crippen LogP contribution in [0.3, 0.4) is 0 Å². The predicted molar refractivity (Wildman–Crippen MR) is 68.5 cm³/mol. The van der Waals surface area contributed by atoms with Crippen molar-refractivity contribution in [3.63, 3.8) is 0 Å². The zero-order valence-electron chi connectivity index (χ0n) is 9.77. The van der Waals surface area contributed by atoms with Crippen LogP contribution in [0, 0.1) is 21.4 Å². The van der Waals surface area contributed by atoms with Crippen molar-refractivity contribution < 1.29 is 9.66 Å². The third-order valence-electron chi connectivity index (χ3n) is 3.40. The van der Waals surface area contributed by atoms with Crippen LogP contribution in [0.4, 0.5) is 5.69 Å². The lowest BCUT2D eigenvalue weighted by Crippen LogP contribution is -2.33. The van der Waals surface area contributed by atoms with Gasteiger partial charge in [0.15, 0.2) is 0 Å². The predicted octanol–water partition coefficient (Wildman–Crippen LogP) is 3.31. The highest BCUT2D eigenvalue weighted by Crippen LogP contribution is 2.48. The molecule has 6 heteroatoms. The summed E-state index contributed by atoms with van der Waals surface area (Å²) in [5, 5.41) is 20.4. The summed E-state index contributed by atoms with van der Waals surface area (Å²) in [6.45, 7) is 0. The van der Waals surface area contributed by atoms with E-state index in [0.717, 1.165) is 6.42 Å².